The summed E-state index contributed by atoms with van der Waals surface area (Å²) in [5, 5.41) is 24.2. The van der Waals surface area contributed by atoms with Crippen molar-refractivity contribution in [3.05, 3.63) is 109 Å². The summed E-state index contributed by atoms with van der Waals surface area (Å²) < 4.78 is 15.3. The van der Waals surface area contributed by atoms with E-state index in [1.54, 1.807) is 35.2 Å². The highest BCUT2D eigenvalue weighted by Crippen LogP contribution is 2.32. The van der Waals surface area contributed by atoms with E-state index in [0.29, 0.717) is 62.3 Å². The van der Waals surface area contributed by atoms with Gasteiger partial charge in [0.15, 0.2) is 0 Å². The summed E-state index contributed by atoms with van der Waals surface area (Å²) in [6.07, 6.45) is 12.6. The van der Waals surface area contributed by atoms with Crippen molar-refractivity contribution in [3.8, 4) is 0 Å². The molecule has 5 N–H and O–H groups in total. The third-order valence-electron chi connectivity index (χ3n) is 13.9. The number of fused-ring (bicyclic) bond motifs is 4. The second-order valence-electron chi connectivity index (χ2n) is 18.5. The molecule has 4 fully saturated rings. The fourth-order valence-electron chi connectivity index (χ4n) is 10.4. The van der Waals surface area contributed by atoms with Gasteiger partial charge in [0.25, 0.3) is 11.8 Å². The summed E-state index contributed by atoms with van der Waals surface area (Å²) in [5.41, 5.74) is 0.478. The number of amides is 6. The number of rotatable bonds is 10. The number of esters is 2. The van der Waals surface area contributed by atoms with Crippen LogP contribution in [0.2, 0.25) is 0 Å². The van der Waals surface area contributed by atoms with E-state index in [4.69, 9.17) is 14.2 Å². The minimum atomic E-state index is -1.41. The van der Waals surface area contributed by atoms with Crippen LogP contribution in [0.15, 0.2) is 97.4 Å². The Morgan fingerprint density at radius 3 is 1.56 bits per heavy atom. The van der Waals surface area contributed by atoms with Gasteiger partial charge in [-0.05, 0) is 81.2 Å². The van der Waals surface area contributed by atoms with Gasteiger partial charge in [-0.3, -0.25) is 48.3 Å². The first-order valence-corrected chi connectivity index (χ1v) is 24.4. The minimum absolute atomic E-state index is 0.0138. The lowest BCUT2D eigenvalue weighted by Gasteiger charge is -2.34. The van der Waals surface area contributed by atoms with E-state index in [1.807, 2.05) is 78.9 Å². The molecule has 0 spiro atoms. The van der Waals surface area contributed by atoms with E-state index in [-0.39, 0.29) is 60.5 Å². The van der Waals surface area contributed by atoms with Crippen molar-refractivity contribution in [3.63, 3.8) is 0 Å². The molecule has 0 saturated carbocycles. The van der Waals surface area contributed by atoms with Crippen LogP contribution in [0.3, 0.4) is 0 Å². The van der Waals surface area contributed by atoms with Crippen molar-refractivity contribution in [1.29, 1.82) is 0 Å². The van der Waals surface area contributed by atoms with Crippen LogP contribution in [0.1, 0.15) is 92.1 Å². The van der Waals surface area contributed by atoms with Crippen molar-refractivity contribution < 1.29 is 57.7 Å². The smallest absolute Gasteiger partial charge is 0.310 e. The number of aliphatic hydroxyl groups excluding tert-OH is 1. The maximum Gasteiger partial charge on any atom is 0.310 e. The molecular weight excluding hydrogens is 929 g/mol. The van der Waals surface area contributed by atoms with E-state index in [1.165, 1.54) is 0 Å². The highest BCUT2D eigenvalue weighted by molar-refractivity contribution is 6.08. The van der Waals surface area contributed by atoms with Gasteiger partial charge in [0.1, 0.15) is 47.6 Å². The lowest BCUT2D eigenvalue weighted by atomic mass is 10.0. The first-order chi connectivity index (χ1) is 34.9. The lowest BCUT2D eigenvalue weighted by Crippen LogP contribution is -2.57. The van der Waals surface area contributed by atoms with E-state index >= 15 is 0 Å². The summed E-state index contributed by atoms with van der Waals surface area (Å²) in [6.45, 7) is 2.11. The molecule has 8 heterocycles. The third kappa shape index (κ3) is 10.5. The Kier molecular flexibility index (Phi) is 15.0. The molecule has 6 aliphatic heterocycles. The van der Waals surface area contributed by atoms with E-state index < -0.39 is 78.5 Å². The molecule has 376 valence electrons. The molecule has 2 aromatic carbocycles. The molecule has 20 heteroatoms. The second-order valence-corrected chi connectivity index (χ2v) is 18.5. The number of ether oxygens (including phenoxy) is 3. The number of benzene rings is 2. The summed E-state index contributed by atoms with van der Waals surface area (Å²) in [5.74, 6) is -3.39. The average Bonchev–Trinajstić information content (AvgIpc) is 4.16. The summed E-state index contributed by atoms with van der Waals surface area (Å²) in [4.78, 5) is 115. The number of hydrogen-bond donors (Lipinski definition) is 5. The molecular formula is C52H56N8O12. The second kappa shape index (κ2) is 21.8. The fourth-order valence-corrected chi connectivity index (χ4v) is 10.4. The first kappa shape index (κ1) is 49.4. The molecule has 6 amide bonds. The molecule has 6 aliphatic rings. The van der Waals surface area contributed by atoms with Crippen LogP contribution in [0.4, 0.5) is 0 Å². The van der Waals surface area contributed by atoms with Gasteiger partial charge in [0, 0.05) is 41.9 Å². The summed E-state index contributed by atoms with van der Waals surface area (Å²) in [6, 6.07) is 13.5. The maximum atomic E-state index is 13.8. The molecule has 0 radical (unpaired) electrons. The highest BCUT2D eigenvalue weighted by atomic mass is 16.7. The molecule has 20 nitrogen and oxygen atoms in total. The molecule has 2 aromatic heterocycles. The SMILES string of the molecule is CCOC1OC(=O)C[C@@H]1NC(=O)[C@@H]1CC[C@@H]2C/C=C\C[C@H](NC(=O)c3nccc4ccccc34)C(=O)N21.O=C1C[C@H](NC(=O)[C@@H]2CC[C@@H]3C/C=C\C[C@H](NC(=O)c4nccc5ccccc45)C(=O)N32)C(O)O1. The van der Waals surface area contributed by atoms with Crippen molar-refractivity contribution in [2.24, 2.45) is 0 Å². The van der Waals surface area contributed by atoms with Crippen LogP contribution in [0, 0.1) is 0 Å². The Morgan fingerprint density at radius 2 is 1.07 bits per heavy atom. The molecule has 2 unspecified atom stereocenters. The standard InChI is InChI=1S/C27H30N4O6.C25H26N4O6/c1-2-36-27-20(15-22(32)37-27)30-24(33)21-12-11-17-8-4-6-10-19(26(35)31(17)21)29-25(34)23-18-9-5-3-7-16(18)13-14-28-23;30-20-13-18(25(34)35-20)28-22(31)19-10-9-15-6-2-4-8-17(24(33)29(15)19)27-23(32)21-16-7-3-1-5-14(16)11-12-26-21/h3-7,9,13-14,17,19-21,27H,2,8,10-12,15H2,1H3,(H,29,34)(H,30,33);1-5,7,11-12,15,17-19,25,34H,6,8-10,13H2,(H,27,32)(H,28,31)/b6-4-;4-2-/t17-,19-,20-,21-,27?;15-,17-,18-,19-,25?/m00/s1. The summed E-state index contributed by atoms with van der Waals surface area (Å²) in [7, 11) is 0. The van der Waals surface area contributed by atoms with Crippen LogP contribution < -0.4 is 21.3 Å². The van der Waals surface area contributed by atoms with Crippen LogP contribution in [-0.2, 0) is 43.0 Å². The Labute approximate surface area is 413 Å². The quantitative estimate of drug-likeness (QED) is 0.113. The average molecular weight is 985 g/mol. The zero-order valence-electron chi connectivity index (χ0n) is 39.5. The third-order valence-corrected chi connectivity index (χ3v) is 13.9. The van der Waals surface area contributed by atoms with E-state index in [9.17, 15) is 43.5 Å². The van der Waals surface area contributed by atoms with Gasteiger partial charge in [0.05, 0.1) is 12.8 Å². The van der Waals surface area contributed by atoms with Gasteiger partial charge in [-0.25, -0.2) is 0 Å². The number of nitrogens with zero attached hydrogens (tertiary/aromatic N) is 4. The Balaban J connectivity index is 0.000000178. The number of carbonyl (C=O) groups excluding carboxylic acids is 8. The number of cyclic esters (lactones) is 2. The van der Waals surface area contributed by atoms with Crippen molar-refractivity contribution in [2.45, 2.75) is 132 Å². The number of pyridine rings is 2. The zero-order valence-corrected chi connectivity index (χ0v) is 39.5. The molecule has 4 aromatic rings. The van der Waals surface area contributed by atoms with Crippen LogP contribution in [0.25, 0.3) is 21.5 Å². The monoisotopic (exact) mass is 984 g/mol. The number of hydrogen-bond acceptors (Lipinski definition) is 14. The Hall–Kier alpha value is -7.58. The van der Waals surface area contributed by atoms with Gasteiger partial charge in [-0.15, -0.1) is 0 Å². The largest absolute Gasteiger partial charge is 0.434 e. The molecule has 0 bridgehead atoms. The van der Waals surface area contributed by atoms with Gasteiger partial charge >= 0.3 is 11.9 Å². The Morgan fingerprint density at radius 1 is 0.611 bits per heavy atom. The van der Waals surface area contributed by atoms with Crippen molar-refractivity contribution in [1.82, 2.24) is 41.0 Å². The first-order valence-electron chi connectivity index (χ1n) is 24.4. The predicted molar refractivity (Wildman–Crippen MR) is 257 cm³/mol. The topological polar surface area (TPSA) is 265 Å². The van der Waals surface area contributed by atoms with Crippen molar-refractivity contribution >= 4 is 68.9 Å². The number of carbonyl (C=O) groups is 8. The summed E-state index contributed by atoms with van der Waals surface area (Å²) >= 11 is 0. The van der Waals surface area contributed by atoms with Crippen molar-refractivity contribution in [2.75, 3.05) is 6.61 Å². The minimum Gasteiger partial charge on any atom is -0.434 e. The van der Waals surface area contributed by atoms with Gasteiger partial charge in [-0.1, -0.05) is 72.8 Å². The molecule has 10 atom stereocenters. The highest BCUT2D eigenvalue weighted by Gasteiger charge is 2.47. The predicted octanol–water partition coefficient (Wildman–Crippen LogP) is 2.63. The molecule has 72 heavy (non-hydrogen) atoms. The Bertz CT molecular complexity index is 2830. The van der Waals surface area contributed by atoms with Crippen LogP contribution in [0.5, 0.6) is 0 Å². The zero-order chi connectivity index (χ0) is 50.5. The van der Waals surface area contributed by atoms with E-state index in [0.717, 1.165) is 10.8 Å². The number of aromatic nitrogens is 2. The van der Waals surface area contributed by atoms with Crippen LogP contribution in [-0.4, -0.2) is 140 Å². The molecule has 10 rings (SSSR count). The number of aliphatic hydroxyl groups is 1. The van der Waals surface area contributed by atoms with Gasteiger partial charge < -0.3 is 50.4 Å². The van der Waals surface area contributed by atoms with Gasteiger partial charge in [-0.2, -0.15) is 0 Å². The molecule has 4 saturated heterocycles. The van der Waals surface area contributed by atoms with E-state index in [2.05, 4.69) is 31.2 Å². The van der Waals surface area contributed by atoms with Crippen LogP contribution >= 0.6 is 0 Å². The number of nitrogens with one attached hydrogen (secondary N) is 4. The van der Waals surface area contributed by atoms with Gasteiger partial charge in [0.2, 0.25) is 36.2 Å². The fraction of sp³-hybridized carbons (Fsp3) is 0.423. The maximum absolute atomic E-state index is 13.8. The molecule has 0 aliphatic carbocycles. The lowest BCUT2D eigenvalue weighted by molar-refractivity contribution is -0.164. The normalized spacial score (nSPS) is 28.7.